The van der Waals surface area contributed by atoms with E-state index in [-0.39, 0.29) is 30.1 Å². The molecule has 0 radical (unpaired) electrons. The summed E-state index contributed by atoms with van der Waals surface area (Å²) in [4.78, 5) is 18.7. The number of anilines is 2. The van der Waals surface area contributed by atoms with E-state index in [0.29, 0.717) is 12.5 Å². The third-order valence-corrected chi connectivity index (χ3v) is 3.77. The molecule has 8 nitrogen and oxygen atoms in total. The monoisotopic (exact) mass is 295 g/mol. The van der Waals surface area contributed by atoms with Crippen molar-refractivity contribution in [2.24, 2.45) is 5.92 Å². The summed E-state index contributed by atoms with van der Waals surface area (Å²) in [6, 6.07) is 0.00632. The SMILES string of the molecule is CCNc1ncc([N+](=O)[O-])c(NC2CCCCC2CO)n1. The third kappa shape index (κ3) is 3.78. The zero-order valence-electron chi connectivity index (χ0n) is 12.1. The van der Waals surface area contributed by atoms with Crippen molar-refractivity contribution >= 4 is 17.5 Å². The van der Waals surface area contributed by atoms with Gasteiger partial charge in [0.25, 0.3) is 0 Å². The van der Waals surface area contributed by atoms with E-state index in [4.69, 9.17) is 0 Å². The fourth-order valence-electron chi connectivity index (χ4n) is 2.65. The van der Waals surface area contributed by atoms with E-state index in [1.165, 1.54) is 6.20 Å². The van der Waals surface area contributed by atoms with Crippen LogP contribution in [-0.4, -0.2) is 39.2 Å². The number of hydrogen-bond acceptors (Lipinski definition) is 7. The number of aromatic nitrogens is 2. The first-order valence-corrected chi connectivity index (χ1v) is 7.28. The number of aliphatic hydroxyl groups excluding tert-OH is 1. The van der Waals surface area contributed by atoms with E-state index in [0.717, 1.165) is 25.7 Å². The van der Waals surface area contributed by atoms with Gasteiger partial charge >= 0.3 is 5.69 Å². The molecule has 0 aromatic carbocycles. The van der Waals surface area contributed by atoms with E-state index < -0.39 is 4.92 Å². The van der Waals surface area contributed by atoms with Gasteiger partial charge in [-0.3, -0.25) is 10.1 Å². The van der Waals surface area contributed by atoms with Gasteiger partial charge in [-0.2, -0.15) is 4.98 Å². The zero-order valence-corrected chi connectivity index (χ0v) is 12.1. The molecule has 2 unspecified atom stereocenters. The van der Waals surface area contributed by atoms with Crippen LogP contribution in [0.1, 0.15) is 32.6 Å². The molecule has 1 aliphatic carbocycles. The highest BCUT2D eigenvalue weighted by Gasteiger charge is 2.27. The van der Waals surface area contributed by atoms with Crippen LogP contribution in [-0.2, 0) is 0 Å². The van der Waals surface area contributed by atoms with E-state index in [1.807, 2.05) is 6.92 Å². The summed E-state index contributed by atoms with van der Waals surface area (Å²) in [5.41, 5.74) is -0.140. The molecular formula is C13H21N5O3. The van der Waals surface area contributed by atoms with Crippen LogP contribution in [0.15, 0.2) is 6.20 Å². The Kier molecular flexibility index (Phi) is 5.26. The lowest BCUT2D eigenvalue weighted by molar-refractivity contribution is -0.384. The Hall–Kier alpha value is -1.96. The lowest BCUT2D eigenvalue weighted by Gasteiger charge is -2.31. The highest BCUT2D eigenvalue weighted by atomic mass is 16.6. The Morgan fingerprint density at radius 2 is 2.24 bits per heavy atom. The number of hydrogen-bond donors (Lipinski definition) is 3. The summed E-state index contributed by atoms with van der Waals surface area (Å²) in [5.74, 6) is 0.689. The molecule has 1 aliphatic rings. The quantitative estimate of drug-likeness (QED) is 0.541. The average molecular weight is 295 g/mol. The molecule has 21 heavy (non-hydrogen) atoms. The molecule has 1 saturated carbocycles. The standard InChI is InChI=1S/C13H21N5O3/c1-2-14-13-15-7-11(18(20)21)12(17-13)16-10-6-4-3-5-9(10)8-19/h7,9-10,19H,2-6,8H2,1H3,(H2,14,15,16,17). The molecule has 1 heterocycles. The predicted molar refractivity (Wildman–Crippen MR) is 79.3 cm³/mol. The third-order valence-electron chi connectivity index (χ3n) is 3.77. The molecule has 3 N–H and O–H groups in total. The van der Waals surface area contributed by atoms with Crippen molar-refractivity contribution in [3.05, 3.63) is 16.3 Å². The van der Waals surface area contributed by atoms with E-state index in [2.05, 4.69) is 20.6 Å². The Morgan fingerprint density at radius 3 is 2.90 bits per heavy atom. The summed E-state index contributed by atoms with van der Waals surface area (Å²) in [7, 11) is 0. The van der Waals surface area contributed by atoms with Crippen molar-refractivity contribution in [1.29, 1.82) is 0 Å². The van der Waals surface area contributed by atoms with Gasteiger partial charge in [0.1, 0.15) is 6.20 Å². The van der Waals surface area contributed by atoms with Crippen LogP contribution in [0.4, 0.5) is 17.5 Å². The summed E-state index contributed by atoms with van der Waals surface area (Å²) < 4.78 is 0. The molecule has 0 saturated heterocycles. The largest absolute Gasteiger partial charge is 0.396 e. The van der Waals surface area contributed by atoms with Gasteiger partial charge < -0.3 is 15.7 Å². The number of nitrogens with one attached hydrogen (secondary N) is 2. The van der Waals surface area contributed by atoms with Crippen molar-refractivity contribution < 1.29 is 10.0 Å². The summed E-state index contributed by atoms with van der Waals surface area (Å²) in [6.45, 7) is 2.62. The first-order valence-electron chi connectivity index (χ1n) is 7.28. The molecule has 2 rings (SSSR count). The normalized spacial score (nSPS) is 21.8. The van der Waals surface area contributed by atoms with Crippen LogP contribution in [0.25, 0.3) is 0 Å². The van der Waals surface area contributed by atoms with Crippen LogP contribution in [0.5, 0.6) is 0 Å². The maximum Gasteiger partial charge on any atom is 0.329 e. The highest BCUT2D eigenvalue weighted by molar-refractivity contribution is 5.57. The van der Waals surface area contributed by atoms with E-state index in [9.17, 15) is 15.2 Å². The predicted octanol–water partition coefficient (Wildman–Crippen LogP) is 1.78. The van der Waals surface area contributed by atoms with Gasteiger partial charge in [0.15, 0.2) is 0 Å². The number of aliphatic hydroxyl groups is 1. The minimum atomic E-state index is -0.491. The summed E-state index contributed by atoms with van der Waals surface area (Å²) >= 11 is 0. The molecule has 2 atom stereocenters. The molecule has 8 heteroatoms. The van der Waals surface area contributed by atoms with Crippen LogP contribution in [0, 0.1) is 16.0 Å². The highest BCUT2D eigenvalue weighted by Crippen LogP contribution is 2.30. The van der Waals surface area contributed by atoms with Gasteiger partial charge in [0.05, 0.1) is 4.92 Å². The topological polar surface area (TPSA) is 113 Å². The van der Waals surface area contributed by atoms with Gasteiger partial charge in [-0.05, 0) is 19.8 Å². The van der Waals surface area contributed by atoms with Gasteiger partial charge in [-0.25, -0.2) is 4.98 Å². The molecular weight excluding hydrogens is 274 g/mol. The fraction of sp³-hybridized carbons (Fsp3) is 0.692. The molecule has 1 aromatic heterocycles. The van der Waals surface area contributed by atoms with Crippen molar-refractivity contribution in [3.63, 3.8) is 0 Å². The Balaban J connectivity index is 2.23. The van der Waals surface area contributed by atoms with Crippen LogP contribution >= 0.6 is 0 Å². The maximum absolute atomic E-state index is 11.1. The zero-order chi connectivity index (χ0) is 15.2. The van der Waals surface area contributed by atoms with E-state index >= 15 is 0 Å². The first kappa shape index (κ1) is 15.4. The summed E-state index contributed by atoms with van der Waals surface area (Å²) in [6.07, 6.45) is 5.14. The lowest BCUT2D eigenvalue weighted by atomic mass is 9.85. The average Bonchev–Trinajstić information content (AvgIpc) is 2.48. The number of rotatable bonds is 6. The van der Waals surface area contributed by atoms with Gasteiger partial charge in [-0.15, -0.1) is 0 Å². The molecule has 116 valence electrons. The maximum atomic E-state index is 11.1. The second-order valence-corrected chi connectivity index (χ2v) is 5.19. The fourth-order valence-corrected chi connectivity index (χ4v) is 2.65. The Labute approximate surface area is 123 Å². The van der Waals surface area contributed by atoms with Gasteiger partial charge in [0, 0.05) is 25.1 Å². The number of nitro groups is 1. The van der Waals surface area contributed by atoms with Gasteiger partial charge in [0.2, 0.25) is 11.8 Å². The van der Waals surface area contributed by atoms with E-state index in [1.54, 1.807) is 0 Å². The van der Waals surface area contributed by atoms with Gasteiger partial charge in [-0.1, -0.05) is 12.8 Å². The summed E-state index contributed by atoms with van der Waals surface area (Å²) in [5, 5.41) is 26.6. The minimum Gasteiger partial charge on any atom is -0.396 e. The molecule has 1 aromatic rings. The lowest BCUT2D eigenvalue weighted by Crippen LogP contribution is -2.35. The van der Waals surface area contributed by atoms with Crippen molar-refractivity contribution in [1.82, 2.24) is 9.97 Å². The smallest absolute Gasteiger partial charge is 0.329 e. The van der Waals surface area contributed by atoms with Crippen LogP contribution in [0.3, 0.4) is 0 Å². The molecule has 0 spiro atoms. The minimum absolute atomic E-state index is 0.00632. The van der Waals surface area contributed by atoms with Crippen molar-refractivity contribution in [2.75, 3.05) is 23.8 Å². The second-order valence-electron chi connectivity index (χ2n) is 5.19. The van der Waals surface area contributed by atoms with Crippen LogP contribution < -0.4 is 10.6 Å². The molecule has 0 aliphatic heterocycles. The molecule has 0 bridgehead atoms. The Morgan fingerprint density at radius 1 is 1.48 bits per heavy atom. The van der Waals surface area contributed by atoms with Crippen LogP contribution in [0.2, 0.25) is 0 Å². The number of nitrogens with zero attached hydrogens (tertiary/aromatic N) is 3. The molecule has 1 fully saturated rings. The first-order chi connectivity index (χ1) is 10.2. The van der Waals surface area contributed by atoms with Crippen molar-refractivity contribution in [2.45, 2.75) is 38.6 Å². The second kappa shape index (κ2) is 7.16. The molecule has 0 amide bonds. The Bertz CT molecular complexity index is 497. The van der Waals surface area contributed by atoms with Crippen molar-refractivity contribution in [3.8, 4) is 0 Å².